The molecule has 148 valence electrons. The van der Waals surface area contributed by atoms with Crippen molar-refractivity contribution in [2.75, 3.05) is 13.2 Å². The molecule has 0 fully saturated rings. The van der Waals surface area contributed by atoms with Crippen LogP contribution in [0.5, 0.6) is 17.4 Å². The SMILES string of the molecule is CCCCOc1ccc(CCCO)c(Oc2ncc(C(F)(F)F)cc2Cl)c1. The highest BCUT2D eigenvalue weighted by Gasteiger charge is 2.31. The minimum absolute atomic E-state index is 0.00742. The monoisotopic (exact) mass is 403 g/mol. The molecule has 0 bridgehead atoms. The van der Waals surface area contributed by atoms with Gasteiger partial charge in [-0.15, -0.1) is 0 Å². The molecule has 0 atom stereocenters. The van der Waals surface area contributed by atoms with Gasteiger partial charge in [-0.05, 0) is 37.0 Å². The Hall–Kier alpha value is -1.99. The highest BCUT2D eigenvalue weighted by Crippen LogP contribution is 2.36. The number of halogens is 4. The number of rotatable bonds is 9. The maximum Gasteiger partial charge on any atom is 0.417 e. The van der Waals surface area contributed by atoms with Crippen LogP contribution in [0.25, 0.3) is 0 Å². The third kappa shape index (κ3) is 6.29. The predicted molar refractivity (Wildman–Crippen MR) is 96.6 cm³/mol. The summed E-state index contributed by atoms with van der Waals surface area (Å²) in [4.78, 5) is 3.70. The Balaban J connectivity index is 2.27. The second-order valence-electron chi connectivity index (χ2n) is 5.91. The number of benzene rings is 1. The molecule has 0 spiro atoms. The van der Waals surface area contributed by atoms with Gasteiger partial charge in [-0.25, -0.2) is 4.98 Å². The van der Waals surface area contributed by atoms with Crippen LogP contribution in [-0.2, 0) is 12.6 Å². The van der Waals surface area contributed by atoms with E-state index in [1.54, 1.807) is 18.2 Å². The van der Waals surface area contributed by atoms with E-state index in [1.807, 2.05) is 6.92 Å². The average Bonchev–Trinajstić information content (AvgIpc) is 2.62. The second kappa shape index (κ2) is 9.80. The predicted octanol–water partition coefficient (Wildman–Crippen LogP) is 5.65. The number of aryl methyl sites for hydroxylation is 1. The van der Waals surface area contributed by atoms with Gasteiger partial charge >= 0.3 is 6.18 Å². The first-order valence-electron chi connectivity index (χ1n) is 8.62. The fourth-order valence-corrected chi connectivity index (χ4v) is 2.49. The van der Waals surface area contributed by atoms with Crippen molar-refractivity contribution in [3.05, 3.63) is 46.6 Å². The Morgan fingerprint density at radius 1 is 1.19 bits per heavy atom. The number of aliphatic hydroxyl groups excluding tert-OH is 1. The molecule has 2 rings (SSSR count). The lowest BCUT2D eigenvalue weighted by Crippen LogP contribution is -2.06. The molecule has 0 aliphatic heterocycles. The Kier molecular flexibility index (Phi) is 7.74. The Bertz CT molecular complexity index is 753. The third-order valence-electron chi connectivity index (χ3n) is 3.75. The first-order valence-corrected chi connectivity index (χ1v) is 9.00. The lowest BCUT2D eigenvalue weighted by molar-refractivity contribution is -0.137. The number of aromatic nitrogens is 1. The van der Waals surface area contributed by atoms with Gasteiger partial charge in [0.25, 0.3) is 0 Å². The van der Waals surface area contributed by atoms with Crippen molar-refractivity contribution in [2.45, 2.75) is 38.8 Å². The maximum atomic E-state index is 12.8. The van der Waals surface area contributed by atoms with Crippen LogP contribution in [-0.4, -0.2) is 23.3 Å². The summed E-state index contributed by atoms with van der Waals surface area (Å²) in [5, 5.41) is 8.81. The fourth-order valence-electron chi connectivity index (χ4n) is 2.29. The van der Waals surface area contributed by atoms with E-state index in [9.17, 15) is 13.2 Å². The van der Waals surface area contributed by atoms with Crippen molar-refractivity contribution in [3.63, 3.8) is 0 Å². The van der Waals surface area contributed by atoms with Crippen LogP contribution in [0.15, 0.2) is 30.5 Å². The van der Waals surface area contributed by atoms with Gasteiger partial charge in [0.15, 0.2) is 0 Å². The number of hydrogen-bond acceptors (Lipinski definition) is 4. The van der Waals surface area contributed by atoms with E-state index in [-0.39, 0.29) is 17.5 Å². The molecule has 8 heteroatoms. The van der Waals surface area contributed by atoms with Crippen LogP contribution in [0.4, 0.5) is 13.2 Å². The Morgan fingerprint density at radius 3 is 2.59 bits per heavy atom. The zero-order valence-corrected chi connectivity index (χ0v) is 15.6. The summed E-state index contributed by atoms with van der Waals surface area (Å²) in [6.45, 7) is 2.60. The number of pyridine rings is 1. The second-order valence-corrected chi connectivity index (χ2v) is 6.32. The van der Waals surface area contributed by atoms with Gasteiger partial charge in [-0.3, -0.25) is 0 Å². The zero-order valence-electron chi connectivity index (χ0n) is 14.9. The van der Waals surface area contributed by atoms with Crippen molar-refractivity contribution in [1.29, 1.82) is 0 Å². The lowest BCUT2D eigenvalue weighted by Gasteiger charge is -2.14. The molecule has 0 saturated carbocycles. The molecule has 1 aromatic carbocycles. The molecule has 1 heterocycles. The molecule has 0 radical (unpaired) electrons. The molecule has 1 aromatic heterocycles. The summed E-state index contributed by atoms with van der Waals surface area (Å²) >= 11 is 5.93. The first-order chi connectivity index (χ1) is 12.8. The number of unbranched alkanes of at least 4 members (excludes halogenated alkanes) is 1. The normalized spacial score (nSPS) is 11.5. The fraction of sp³-hybridized carbons (Fsp3) is 0.421. The van der Waals surface area contributed by atoms with Gasteiger partial charge in [-0.2, -0.15) is 13.2 Å². The number of aliphatic hydroxyl groups is 1. The Morgan fingerprint density at radius 2 is 1.96 bits per heavy atom. The van der Waals surface area contributed by atoms with E-state index in [4.69, 9.17) is 26.2 Å². The van der Waals surface area contributed by atoms with E-state index < -0.39 is 11.7 Å². The number of hydrogen-bond donors (Lipinski definition) is 1. The summed E-state index contributed by atoms with van der Waals surface area (Å²) in [7, 11) is 0. The molecular weight excluding hydrogens is 383 g/mol. The summed E-state index contributed by atoms with van der Waals surface area (Å²) in [6, 6.07) is 6.01. The van der Waals surface area contributed by atoms with E-state index in [1.165, 1.54) is 0 Å². The quantitative estimate of drug-likeness (QED) is 0.550. The van der Waals surface area contributed by atoms with Gasteiger partial charge in [0.2, 0.25) is 5.88 Å². The number of alkyl halides is 3. The van der Waals surface area contributed by atoms with Gasteiger partial charge in [0.1, 0.15) is 16.5 Å². The molecule has 0 amide bonds. The van der Waals surface area contributed by atoms with Crippen LogP contribution in [0.3, 0.4) is 0 Å². The highest BCUT2D eigenvalue weighted by atomic mass is 35.5. The van der Waals surface area contributed by atoms with Gasteiger partial charge in [-0.1, -0.05) is 31.0 Å². The van der Waals surface area contributed by atoms with Crippen LogP contribution in [0.1, 0.15) is 37.3 Å². The molecule has 4 nitrogen and oxygen atoms in total. The first kappa shape index (κ1) is 21.3. The number of nitrogens with zero attached hydrogens (tertiary/aromatic N) is 1. The molecule has 0 aliphatic rings. The molecule has 1 N–H and O–H groups in total. The summed E-state index contributed by atoms with van der Waals surface area (Å²) in [6.07, 6.45) is -0.928. The lowest BCUT2D eigenvalue weighted by atomic mass is 10.1. The molecule has 0 saturated heterocycles. The van der Waals surface area contributed by atoms with Gasteiger partial charge < -0.3 is 14.6 Å². The van der Waals surface area contributed by atoms with Crippen LogP contribution < -0.4 is 9.47 Å². The Labute approximate surface area is 160 Å². The number of ether oxygens (including phenoxy) is 2. The van der Waals surface area contributed by atoms with E-state index >= 15 is 0 Å². The maximum absolute atomic E-state index is 12.8. The smallest absolute Gasteiger partial charge is 0.417 e. The molecule has 0 aliphatic carbocycles. The van der Waals surface area contributed by atoms with Gasteiger partial charge in [0.05, 0.1) is 12.2 Å². The van der Waals surface area contributed by atoms with Crippen molar-refractivity contribution in [2.24, 2.45) is 0 Å². The third-order valence-corrected chi connectivity index (χ3v) is 4.02. The average molecular weight is 404 g/mol. The van der Waals surface area contributed by atoms with E-state index in [0.29, 0.717) is 37.1 Å². The van der Waals surface area contributed by atoms with Crippen molar-refractivity contribution in [3.8, 4) is 17.4 Å². The van der Waals surface area contributed by atoms with Crippen molar-refractivity contribution >= 4 is 11.6 Å². The highest BCUT2D eigenvalue weighted by molar-refractivity contribution is 6.31. The topological polar surface area (TPSA) is 51.6 Å². The van der Waals surface area contributed by atoms with Gasteiger partial charge in [0, 0.05) is 18.9 Å². The molecular formula is C19H21ClF3NO3. The standard InChI is InChI=1S/C19H21ClF3NO3/c1-2-3-9-26-15-7-6-13(5-4-8-25)17(11-15)27-18-16(20)10-14(12-24-18)19(21,22)23/h6-7,10-12,25H,2-5,8-9H2,1H3. The van der Waals surface area contributed by atoms with Crippen molar-refractivity contribution < 1.29 is 27.8 Å². The van der Waals surface area contributed by atoms with Crippen molar-refractivity contribution in [1.82, 2.24) is 4.98 Å². The molecule has 2 aromatic rings. The van der Waals surface area contributed by atoms with Crippen LogP contribution >= 0.6 is 11.6 Å². The minimum Gasteiger partial charge on any atom is -0.493 e. The molecule has 27 heavy (non-hydrogen) atoms. The van der Waals surface area contributed by atoms with E-state index in [0.717, 1.165) is 24.5 Å². The zero-order chi connectivity index (χ0) is 19.9. The summed E-state index contributed by atoms with van der Waals surface area (Å²) in [5.74, 6) is 0.835. The van der Waals surface area contributed by atoms with Crippen LogP contribution in [0.2, 0.25) is 5.02 Å². The summed E-state index contributed by atoms with van der Waals surface area (Å²) < 4.78 is 49.6. The molecule has 0 unspecified atom stereocenters. The van der Waals surface area contributed by atoms with Crippen LogP contribution in [0, 0.1) is 0 Å². The summed E-state index contributed by atoms with van der Waals surface area (Å²) in [5.41, 5.74) is -0.179. The largest absolute Gasteiger partial charge is 0.493 e. The van der Waals surface area contributed by atoms with E-state index in [2.05, 4.69) is 4.98 Å². The minimum atomic E-state index is -4.53.